The molecule has 32 heavy (non-hydrogen) atoms. The van der Waals surface area contributed by atoms with Crippen LogP contribution in [0.5, 0.6) is 11.5 Å². The van der Waals surface area contributed by atoms with E-state index in [1.54, 1.807) is 18.0 Å². The molecule has 0 aliphatic carbocycles. The number of benzene rings is 2. The third-order valence-corrected chi connectivity index (χ3v) is 5.51. The van der Waals surface area contributed by atoms with Crippen LogP contribution in [0.1, 0.15) is 19.4 Å². The van der Waals surface area contributed by atoms with Crippen LogP contribution in [0.25, 0.3) is 22.3 Å². The summed E-state index contributed by atoms with van der Waals surface area (Å²) in [4.78, 5) is 22.6. The van der Waals surface area contributed by atoms with Gasteiger partial charge in [0, 0.05) is 24.8 Å². The van der Waals surface area contributed by atoms with E-state index >= 15 is 0 Å². The molecule has 4 aromatic rings. The molecule has 0 spiro atoms. The number of nitrogens with zero attached hydrogens (tertiary/aromatic N) is 5. The normalized spacial score (nSPS) is 15.4. The van der Waals surface area contributed by atoms with Crippen LogP contribution < -0.4 is 4.74 Å². The Hall–Kier alpha value is -4.18. The molecular formula is C25H21N5O2. The second kappa shape index (κ2) is 8.52. The lowest BCUT2D eigenvalue weighted by Gasteiger charge is -2.13. The molecule has 0 bridgehead atoms. The van der Waals surface area contributed by atoms with Crippen molar-refractivity contribution in [2.24, 2.45) is 0 Å². The maximum Gasteiger partial charge on any atom is 0.298 e. The largest absolute Gasteiger partial charge is 0.457 e. The first-order valence-electron chi connectivity index (χ1n) is 10.5. The molecular weight excluding hydrogens is 402 g/mol. The zero-order chi connectivity index (χ0) is 21.9. The van der Waals surface area contributed by atoms with E-state index in [1.807, 2.05) is 59.3 Å². The van der Waals surface area contributed by atoms with Gasteiger partial charge in [0.2, 0.25) is 0 Å². The third-order valence-electron chi connectivity index (χ3n) is 5.51. The lowest BCUT2D eigenvalue weighted by molar-refractivity contribution is -0.124. The number of amides is 1. The molecule has 3 heterocycles. The van der Waals surface area contributed by atoms with Crippen molar-refractivity contribution in [3.8, 4) is 34.6 Å². The van der Waals surface area contributed by atoms with Crippen molar-refractivity contribution in [2.75, 3.05) is 13.1 Å². The molecule has 7 nitrogen and oxygen atoms in total. The summed E-state index contributed by atoms with van der Waals surface area (Å²) in [6, 6.07) is 17.5. The van der Waals surface area contributed by atoms with Crippen molar-refractivity contribution in [1.29, 1.82) is 0 Å². The molecule has 0 radical (unpaired) electrons. The molecule has 2 aromatic heterocycles. The lowest BCUT2D eigenvalue weighted by Crippen LogP contribution is -2.28. The first-order chi connectivity index (χ1) is 15.7. The first kappa shape index (κ1) is 19.8. The number of carbonyl (C=O) groups is 1. The standard InChI is InChI=1S/C25H21N5O2/c1-2-6-23(31)29-14-13-19(16-29)30-25-22(15-26-17-27-25)24(28-30)18-9-11-21(12-10-18)32-20-7-4-3-5-8-20/h3-5,7-12,15,17,19H,13-14,16H2,1H3/t19-/m1/s1. The Morgan fingerprint density at radius 2 is 1.88 bits per heavy atom. The van der Waals surface area contributed by atoms with Crippen molar-refractivity contribution >= 4 is 16.9 Å². The summed E-state index contributed by atoms with van der Waals surface area (Å²) in [5.74, 6) is 6.70. The fraction of sp³-hybridized carbons (Fsp3) is 0.200. The lowest BCUT2D eigenvalue weighted by atomic mass is 10.1. The summed E-state index contributed by atoms with van der Waals surface area (Å²) in [5, 5.41) is 5.77. The van der Waals surface area contributed by atoms with Crippen LogP contribution in [0.15, 0.2) is 67.1 Å². The van der Waals surface area contributed by atoms with E-state index < -0.39 is 0 Å². The number of likely N-dealkylation sites (tertiary alicyclic amines) is 1. The maximum atomic E-state index is 12.2. The van der Waals surface area contributed by atoms with Crippen molar-refractivity contribution in [3.63, 3.8) is 0 Å². The number of hydrogen-bond acceptors (Lipinski definition) is 5. The van der Waals surface area contributed by atoms with Crippen molar-refractivity contribution in [3.05, 3.63) is 67.1 Å². The van der Waals surface area contributed by atoms with Gasteiger partial charge in [0.1, 0.15) is 23.5 Å². The summed E-state index contributed by atoms with van der Waals surface area (Å²) in [6.07, 6.45) is 4.12. The van der Waals surface area contributed by atoms with Crippen molar-refractivity contribution in [2.45, 2.75) is 19.4 Å². The number of rotatable bonds is 4. The Balaban J connectivity index is 1.44. The fourth-order valence-electron chi connectivity index (χ4n) is 3.97. The average Bonchev–Trinajstić information content (AvgIpc) is 3.46. The SMILES string of the molecule is CC#CC(=O)N1CC[C@@H](n2nc(-c3ccc(Oc4ccccc4)cc3)c3cncnc32)C1. The highest BCUT2D eigenvalue weighted by molar-refractivity contribution is 5.94. The second-order valence-corrected chi connectivity index (χ2v) is 7.56. The average molecular weight is 423 g/mol. The molecule has 158 valence electrons. The van der Waals surface area contributed by atoms with Gasteiger partial charge in [0.25, 0.3) is 5.91 Å². The smallest absolute Gasteiger partial charge is 0.298 e. The number of fused-ring (bicyclic) bond motifs is 1. The molecule has 1 saturated heterocycles. The molecule has 0 saturated carbocycles. The molecule has 1 fully saturated rings. The van der Waals surface area contributed by atoms with Crippen LogP contribution in [-0.2, 0) is 4.79 Å². The van der Waals surface area contributed by atoms with Gasteiger partial charge in [0.15, 0.2) is 5.65 Å². The zero-order valence-electron chi connectivity index (χ0n) is 17.6. The Labute approximate surface area is 185 Å². The van der Waals surface area contributed by atoms with Gasteiger partial charge in [-0.25, -0.2) is 14.6 Å². The molecule has 1 atom stereocenters. The van der Waals surface area contributed by atoms with Gasteiger partial charge in [0.05, 0.1) is 11.4 Å². The van der Waals surface area contributed by atoms with Crippen molar-refractivity contribution in [1.82, 2.24) is 24.6 Å². The molecule has 5 rings (SSSR count). The Kier molecular flexibility index (Phi) is 5.26. The quantitative estimate of drug-likeness (QED) is 0.463. The zero-order valence-corrected chi connectivity index (χ0v) is 17.6. The number of para-hydroxylation sites is 1. The van der Waals surface area contributed by atoms with Crippen molar-refractivity contribution < 1.29 is 9.53 Å². The van der Waals surface area contributed by atoms with Gasteiger partial charge < -0.3 is 9.64 Å². The second-order valence-electron chi connectivity index (χ2n) is 7.56. The van der Waals surface area contributed by atoms with Crippen LogP contribution in [0.2, 0.25) is 0 Å². The molecule has 0 N–H and O–H groups in total. The third kappa shape index (κ3) is 3.79. The number of ether oxygens (including phenoxy) is 1. The van der Waals surface area contributed by atoms with E-state index in [1.165, 1.54) is 6.33 Å². The molecule has 2 aromatic carbocycles. The minimum atomic E-state index is -0.143. The molecule has 0 unspecified atom stereocenters. The minimum Gasteiger partial charge on any atom is -0.457 e. The van der Waals surface area contributed by atoms with E-state index in [-0.39, 0.29) is 11.9 Å². The monoisotopic (exact) mass is 423 g/mol. The van der Waals surface area contributed by atoms with E-state index in [0.717, 1.165) is 40.2 Å². The van der Waals surface area contributed by atoms with E-state index in [0.29, 0.717) is 13.1 Å². The highest BCUT2D eigenvalue weighted by atomic mass is 16.5. The van der Waals surface area contributed by atoms with Crippen LogP contribution in [0, 0.1) is 11.8 Å². The van der Waals surface area contributed by atoms with E-state index in [2.05, 4.69) is 21.8 Å². The minimum absolute atomic E-state index is 0.0458. The summed E-state index contributed by atoms with van der Waals surface area (Å²) in [7, 11) is 0. The number of hydrogen-bond donors (Lipinski definition) is 0. The first-order valence-corrected chi connectivity index (χ1v) is 10.5. The Morgan fingerprint density at radius 3 is 2.66 bits per heavy atom. The van der Waals surface area contributed by atoms with Crippen LogP contribution in [0.3, 0.4) is 0 Å². The summed E-state index contributed by atoms with van der Waals surface area (Å²) in [6.45, 7) is 2.90. The Morgan fingerprint density at radius 1 is 1.09 bits per heavy atom. The van der Waals surface area contributed by atoms with Gasteiger partial charge >= 0.3 is 0 Å². The van der Waals surface area contributed by atoms with E-state index in [9.17, 15) is 4.79 Å². The molecule has 1 aliphatic heterocycles. The van der Waals surface area contributed by atoms with Gasteiger partial charge in [-0.05, 0) is 55.7 Å². The molecule has 7 heteroatoms. The number of aromatic nitrogens is 4. The predicted molar refractivity (Wildman–Crippen MR) is 121 cm³/mol. The van der Waals surface area contributed by atoms with Gasteiger partial charge in [-0.2, -0.15) is 5.10 Å². The van der Waals surface area contributed by atoms with Gasteiger partial charge in [-0.3, -0.25) is 4.79 Å². The summed E-state index contributed by atoms with van der Waals surface area (Å²) >= 11 is 0. The number of carbonyl (C=O) groups excluding carboxylic acids is 1. The van der Waals surface area contributed by atoms with Crippen LogP contribution >= 0.6 is 0 Å². The Bertz CT molecular complexity index is 1320. The summed E-state index contributed by atoms with van der Waals surface area (Å²) in [5.41, 5.74) is 2.53. The van der Waals surface area contributed by atoms with Gasteiger partial charge in [-0.1, -0.05) is 24.1 Å². The highest BCUT2D eigenvalue weighted by Gasteiger charge is 2.29. The molecule has 1 aliphatic rings. The van der Waals surface area contributed by atoms with E-state index in [4.69, 9.17) is 9.84 Å². The highest BCUT2D eigenvalue weighted by Crippen LogP contribution is 2.32. The van der Waals surface area contributed by atoms with Crippen LogP contribution in [0.4, 0.5) is 0 Å². The maximum absolute atomic E-state index is 12.2. The fourth-order valence-corrected chi connectivity index (χ4v) is 3.97. The molecule has 1 amide bonds. The predicted octanol–water partition coefficient (Wildman–Crippen LogP) is 4.08. The van der Waals surface area contributed by atoms with Gasteiger partial charge in [-0.15, -0.1) is 0 Å². The van der Waals surface area contributed by atoms with Crippen LogP contribution in [-0.4, -0.2) is 43.6 Å². The topological polar surface area (TPSA) is 73.1 Å². The summed E-state index contributed by atoms with van der Waals surface area (Å²) < 4.78 is 7.82.